The minimum atomic E-state index is -0.341. The molecule has 122 valence electrons. The molecule has 0 bridgehead atoms. The van der Waals surface area contributed by atoms with E-state index in [9.17, 15) is 9.18 Å². The molecule has 0 radical (unpaired) electrons. The Morgan fingerprint density at radius 2 is 2.00 bits per heavy atom. The van der Waals surface area contributed by atoms with Gasteiger partial charge in [-0.15, -0.1) is 0 Å². The Morgan fingerprint density at radius 1 is 1.26 bits per heavy atom. The molecule has 2 aliphatic rings. The molecule has 2 N–H and O–H groups in total. The Bertz CT molecular complexity index is 830. The van der Waals surface area contributed by atoms with Gasteiger partial charge in [-0.05, 0) is 42.7 Å². The lowest BCUT2D eigenvalue weighted by atomic mass is 10.0. The summed E-state index contributed by atoms with van der Waals surface area (Å²) in [5.41, 5.74) is 9.44. The number of nitrogens with zero attached hydrogens (tertiary/aromatic N) is 2. The van der Waals surface area contributed by atoms with Gasteiger partial charge in [0.2, 0.25) is 0 Å². The molecule has 1 aliphatic heterocycles. The van der Waals surface area contributed by atoms with Crippen molar-refractivity contribution < 1.29 is 4.39 Å². The van der Waals surface area contributed by atoms with Gasteiger partial charge < -0.3 is 10.6 Å². The molecule has 1 saturated carbocycles. The van der Waals surface area contributed by atoms with E-state index in [1.807, 2.05) is 17.9 Å². The fourth-order valence-corrected chi connectivity index (χ4v) is 3.85. The molecule has 2 aromatic rings. The summed E-state index contributed by atoms with van der Waals surface area (Å²) < 4.78 is 16.2. The Morgan fingerprint density at radius 3 is 2.61 bits per heavy atom. The van der Waals surface area contributed by atoms with Gasteiger partial charge in [-0.2, -0.15) is 0 Å². The van der Waals surface area contributed by atoms with E-state index in [-0.39, 0.29) is 17.4 Å². The van der Waals surface area contributed by atoms with E-state index < -0.39 is 0 Å². The van der Waals surface area contributed by atoms with Crippen LogP contribution in [0, 0.1) is 18.7 Å². The maximum atomic E-state index is 14.8. The fourth-order valence-electron chi connectivity index (χ4n) is 3.85. The van der Waals surface area contributed by atoms with E-state index in [2.05, 4.69) is 6.92 Å². The zero-order chi connectivity index (χ0) is 16.3. The number of aromatic nitrogens is 1. The van der Waals surface area contributed by atoms with Gasteiger partial charge in [0.25, 0.3) is 5.56 Å². The Balaban J connectivity index is 1.95. The minimum absolute atomic E-state index is 0.0610. The second-order valence-electron chi connectivity index (χ2n) is 7.12. The standard InChI is InChI=1S/C18H22FN3O/c1-10-7-21(9-15(10)20)18-11(2)17-13(12-3-4-12)5-6-16(23)22(17)8-14(18)19/h5-6,8,10,12,15H,3-4,7,9,20H2,1-2H3/t10-,15+/m0/s1. The third-order valence-electron chi connectivity index (χ3n) is 5.34. The number of nitrogens with two attached hydrogens (primary N) is 1. The molecule has 4 nitrogen and oxygen atoms in total. The lowest BCUT2D eigenvalue weighted by Crippen LogP contribution is -2.29. The highest BCUT2D eigenvalue weighted by molar-refractivity contribution is 5.73. The number of anilines is 1. The van der Waals surface area contributed by atoms with E-state index in [4.69, 9.17) is 5.73 Å². The number of halogens is 1. The molecule has 4 rings (SSSR count). The van der Waals surface area contributed by atoms with Crippen molar-refractivity contribution in [3.63, 3.8) is 0 Å². The van der Waals surface area contributed by atoms with E-state index >= 15 is 0 Å². The Kier molecular flexibility index (Phi) is 3.23. The van der Waals surface area contributed by atoms with Crippen LogP contribution in [0.4, 0.5) is 10.1 Å². The number of hydrogen-bond donors (Lipinski definition) is 1. The number of fused-ring (bicyclic) bond motifs is 1. The molecule has 2 atom stereocenters. The van der Waals surface area contributed by atoms with Crippen LogP contribution in [0.5, 0.6) is 0 Å². The van der Waals surface area contributed by atoms with E-state index in [0.717, 1.165) is 30.5 Å². The van der Waals surface area contributed by atoms with Crippen LogP contribution in [0.1, 0.15) is 36.8 Å². The molecule has 3 heterocycles. The first-order valence-corrected chi connectivity index (χ1v) is 8.32. The van der Waals surface area contributed by atoms with Gasteiger partial charge in [-0.1, -0.05) is 13.0 Å². The van der Waals surface area contributed by atoms with Crippen LogP contribution in [0.25, 0.3) is 5.52 Å². The summed E-state index contributed by atoms with van der Waals surface area (Å²) in [5, 5.41) is 0. The smallest absolute Gasteiger partial charge is 0.255 e. The molecule has 2 aromatic heterocycles. The summed E-state index contributed by atoms with van der Waals surface area (Å²) in [4.78, 5) is 14.2. The van der Waals surface area contributed by atoms with Crippen molar-refractivity contribution in [2.75, 3.05) is 18.0 Å². The quantitative estimate of drug-likeness (QED) is 0.926. The number of aryl methyl sites for hydroxylation is 1. The third kappa shape index (κ3) is 2.26. The normalized spacial score (nSPS) is 24.6. The van der Waals surface area contributed by atoms with Gasteiger partial charge in [0.15, 0.2) is 5.82 Å². The predicted octanol–water partition coefficient (Wildman–Crippen LogP) is 2.41. The van der Waals surface area contributed by atoms with Gasteiger partial charge in [0.1, 0.15) is 0 Å². The highest BCUT2D eigenvalue weighted by Crippen LogP contribution is 2.43. The van der Waals surface area contributed by atoms with Gasteiger partial charge in [-0.3, -0.25) is 9.20 Å². The monoisotopic (exact) mass is 315 g/mol. The largest absolute Gasteiger partial charge is 0.367 e. The van der Waals surface area contributed by atoms with E-state index in [0.29, 0.717) is 24.1 Å². The fraction of sp³-hybridized carbons (Fsp3) is 0.500. The van der Waals surface area contributed by atoms with Crippen LogP contribution >= 0.6 is 0 Å². The van der Waals surface area contributed by atoms with Gasteiger partial charge in [-0.25, -0.2) is 4.39 Å². The second kappa shape index (κ2) is 5.06. The minimum Gasteiger partial charge on any atom is -0.367 e. The van der Waals surface area contributed by atoms with E-state index in [1.165, 1.54) is 16.2 Å². The van der Waals surface area contributed by atoms with Crippen molar-refractivity contribution in [2.24, 2.45) is 11.7 Å². The molecular formula is C18H22FN3O. The summed E-state index contributed by atoms with van der Waals surface area (Å²) in [6.07, 6.45) is 3.64. The molecule has 0 spiro atoms. The first-order valence-electron chi connectivity index (χ1n) is 8.32. The number of hydrogen-bond acceptors (Lipinski definition) is 3. The zero-order valence-electron chi connectivity index (χ0n) is 13.6. The lowest BCUT2D eigenvalue weighted by molar-refractivity contribution is 0.565. The zero-order valence-corrected chi connectivity index (χ0v) is 13.6. The van der Waals surface area contributed by atoms with Crippen LogP contribution in [0.2, 0.25) is 0 Å². The maximum absolute atomic E-state index is 14.8. The molecule has 0 aromatic carbocycles. The van der Waals surface area contributed by atoms with Crippen LogP contribution in [0.15, 0.2) is 23.1 Å². The lowest BCUT2D eigenvalue weighted by Gasteiger charge is -2.23. The predicted molar refractivity (Wildman–Crippen MR) is 89.7 cm³/mol. The molecule has 0 unspecified atom stereocenters. The Labute approximate surface area is 134 Å². The topological polar surface area (TPSA) is 50.7 Å². The van der Waals surface area contributed by atoms with Gasteiger partial charge >= 0.3 is 0 Å². The van der Waals surface area contributed by atoms with Crippen molar-refractivity contribution in [1.82, 2.24) is 4.40 Å². The molecule has 0 amide bonds. The van der Waals surface area contributed by atoms with Gasteiger partial charge in [0.05, 0.1) is 17.4 Å². The molecule has 5 heteroatoms. The van der Waals surface area contributed by atoms with Crippen molar-refractivity contribution in [1.29, 1.82) is 0 Å². The number of pyridine rings is 2. The van der Waals surface area contributed by atoms with E-state index in [1.54, 1.807) is 6.07 Å². The maximum Gasteiger partial charge on any atom is 0.255 e. The summed E-state index contributed by atoms with van der Waals surface area (Å²) in [6.45, 7) is 5.43. The molecule has 1 aliphatic carbocycles. The first-order chi connectivity index (χ1) is 11.0. The highest BCUT2D eigenvalue weighted by atomic mass is 19.1. The van der Waals surface area contributed by atoms with Crippen LogP contribution in [-0.2, 0) is 0 Å². The molecule has 1 saturated heterocycles. The third-order valence-corrected chi connectivity index (χ3v) is 5.34. The average molecular weight is 315 g/mol. The van der Waals surface area contributed by atoms with Crippen molar-refractivity contribution >= 4 is 11.2 Å². The Hall–Kier alpha value is -1.88. The van der Waals surface area contributed by atoms with Crippen molar-refractivity contribution in [2.45, 2.75) is 38.6 Å². The molecular weight excluding hydrogens is 293 g/mol. The molecule has 23 heavy (non-hydrogen) atoms. The first kappa shape index (κ1) is 14.7. The van der Waals surface area contributed by atoms with Crippen molar-refractivity contribution in [3.8, 4) is 0 Å². The summed E-state index contributed by atoms with van der Waals surface area (Å²) in [6, 6.07) is 3.53. The van der Waals surface area contributed by atoms with Crippen molar-refractivity contribution in [3.05, 3.63) is 45.6 Å². The van der Waals surface area contributed by atoms with Gasteiger partial charge in [0, 0.05) is 25.2 Å². The average Bonchev–Trinajstić information content (AvgIpc) is 3.27. The molecule has 2 fully saturated rings. The highest BCUT2D eigenvalue weighted by Gasteiger charge is 2.32. The van der Waals surface area contributed by atoms with Crippen LogP contribution < -0.4 is 16.2 Å². The second-order valence-corrected chi connectivity index (χ2v) is 7.12. The number of rotatable bonds is 2. The summed E-state index contributed by atoms with van der Waals surface area (Å²) in [7, 11) is 0. The van der Waals surface area contributed by atoms with Crippen LogP contribution in [-0.4, -0.2) is 23.5 Å². The SMILES string of the molecule is Cc1c(N2C[C@@H](N)[C@@H](C)C2)c(F)cn2c(=O)ccc(C3CC3)c12. The van der Waals surface area contributed by atoms with Crippen LogP contribution in [0.3, 0.4) is 0 Å². The summed E-state index contributed by atoms with van der Waals surface area (Å²) in [5.74, 6) is 0.500. The summed E-state index contributed by atoms with van der Waals surface area (Å²) >= 11 is 0.